The summed E-state index contributed by atoms with van der Waals surface area (Å²) in [6, 6.07) is 0. The van der Waals surface area contributed by atoms with Crippen LogP contribution in [0.5, 0.6) is 0 Å². The van der Waals surface area contributed by atoms with Crippen LogP contribution in [-0.4, -0.2) is 137 Å². The zero-order valence-electron chi connectivity index (χ0n) is 45.1. The molecule has 448 valence electrons. The van der Waals surface area contributed by atoms with Gasteiger partial charge in [0.25, 0.3) is 15.6 Å². The first-order chi connectivity index (χ1) is 36.8. The molecule has 4 aliphatic carbocycles. The quantitative estimate of drug-likeness (QED) is 0.0497. The fourth-order valence-corrected chi connectivity index (χ4v) is 17.1. The Morgan fingerprint density at radius 2 is 1.66 bits per heavy atom. The van der Waals surface area contributed by atoms with E-state index in [0.717, 1.165) is 73.9 Å². The molecular formula is C48H76N7O20P3S-4. The minimum atomic E-state index is -5.95. The van der Waals surface area contributed by atoms with E-state index in [1.807, 2.05) is 6.92 Å². The van der Waals surface area contributed by atoms with Crippen LogP contribution in [0.1, 0.15) is 118 Å². The largest absolute Gasteiger partial charge is 0.790 e. The second kappa shape index (κ2) is 25.3. The molecule has 0 aromatic carbocycles. The molecule has 19 atom stereocenters. The van der Waals surface area contributed by atoms with Crippen molar-refractivity contribution in [3.05, 3.63) is 12.7 Å². The predicted molar refractivity (Wildman–Crippen MR) is 274 cm³/mol. The Morgan fingerprint density at radius 1 is 0.949 bits per heavy atom. The van der Waals surface area contributed by atoms with Crippen LogP contribution >= 0.6 is 35.2 Å². The fourth-order valence-electron chi connectivity index (χ4n) is 13.6. The number of phosphoric acid groups is 3. The van der Waals surface area contributed by atoms with Crippen LogP contribution in [0, 0.1) is 57.7 Å². The van der Waals surface area contributed by atoms with Crippen LogP contribution in [0.2, 0.25) is 0 Å². The highest BCUT2D eigenvalue weighted by Gasteiger charge is 2.65. The predicted octanol–water partition coefficient (Wildman–Crippen LogP) is 0.541. The molecular weight excluding hydrogens is 1120 g/mol. The number of hydrogen-bond donors (Lipinski definition) is 8. The number of imidazole rings is 1. The van der Waals surface area contributed by atoms with Crippen molar-refractivity contribution < 1.29 is 95.8 Å². The summed E-state index contributed by atoms with van der Waals surface area (Å²) in [5, 5.41) is 60.6. The Bertz CT molecular complexity index is 2640. The van der Waals surface area contributed by atoms with Gasteiger partial charge in [0, 0.05) is 36.6 Å². The van der Waals surface area contributed by atoms with Crippen LogP contribution in [0.25, 0.3) is 11.2 Å². The van der Waals surface area contributed by atoms with Crippen molar-refractivity contribution in [1.29, 1.82) is 0 Å². The summed E-state index contributed by atoms with van der Waals surface area (Å²) in [6.07, 6.45) is -0.659. The van der Waals surface area contributed by atoms with E-state index in [0.29, 0.717) is 36.9 Å². The van der Waals surface area contributed by atoms with E-state index < -0.39 is 96.8 Å². The fraction of sp³-hybridized carbons (Fsp3) is 0.833. The van der Waals surface area contributed by atoms with Crippen LogP contribution in [0.4, 0.5) is 5.82 Å². The number of nitrogens with zero attached hydrogens (tertiary/aromatic N) is 4. The normalized spacial score (nSPS) is 34.6. The molecule has 3 heterocycles. The van der Waals surface area contributed by atoms with Crippen molar-refractivity contribution in [1.82, 2.24) is 30.2 Å². The molecule has 0 bridgehead atoms. The third kappa shape index (κ3) is 14.7. The zero-order chi connectivity index (χ0) is 58.2. The molecule has 7 rings (SSSR count). The number of ether oxygens (including phenoxy) is 1. The summed E-state index contributed by atoms with van der Waals surface area (Å²) in [5.74, 6) is 0.0193. The maximum absolute atomic E-state index is 13.0. The molecule has 2 aromatic heterocycles. The maximum Gasteiger partial charge on any atom is 0.274 e. The summed E-state index contributed by atoms with van der Waals surface area (Å²) < 4.78 is 61.2. The van der Waals surface area contributed by atoms with E-state index in [1.54, 1.807) is 0 Å². The molecule has 4 unspecified atom stereocenters. The topological polar surface area (TPSA) is 436 Å². The Kier molecular flexibility index (Phi) is 20.5. The number of fused-ring (bicyclic) bond motifs is 6. The van der Waals surface area contributed by atoms with E-state index >= 15 is 0 Å². The summed E-state index contributed by atoms with van der Waals surface area (Å²) in [4.78, 5) is 98.4. The number of aliphatic hydroxyl groups is 5. The Labute approximate surface area is 462 Å². The van der Waals surface area contributed by atoms with Gasteiger partial charge in [0.2, 0.25) is 11.8 Å². The molecule has 79 heavy (non-hydrogen) atoms. The summed E-state index contributed by atoms with van der Waals surface area (Å²) in [5.41, 5.74) is 3.78. The highest BCUT2D eigenvalue weighted by molar-refractivity contribution is 8.13. The molecule has 5 fully saturated rings. The number of phosphoric ester groups is 3. The van der Waals surface area contributed by atoms with E-state index in [-0.39, 0.29) is 88.1 Å². The van der Waals surface area contributed by atoms with Crippen molar-refractivity contribution in [2.24, 2.45) is 57.7 Å². The van der Waals surface area contributed by atoms with Gasteiger partial charge in [0.05, 0.1) is 45.7 Å². The lowest BCUT2D eigenvalue weighted by atomic mass is 9.43. The van der Waals surface area contributed by atoms with Gasteiger partial charge in [0.15, 0.2) is 22.8 Å². The van der Waals surface area contributed by atoms with Crippen molar-refractivity contribution in [3.8, 4) is 0 Å². The molecule has 27 nitrogen and oxygen atoms in total. The highest BCUT2D eigenvalue weighted by Crippen LogP contribution is 2.68. The maximum atomic E-state index is 13.0. The number of carbonyl (C=O) groups is 3. The molecule has 2 aromatic rings. The van der Waals surface area contributed by atoms with Crippen LogP contribution in [-0.2, 0) is 50.7 Å². The molecule has 0 radical (unpaired) electrons. The SMILES string of the molecule is C[C@H](CCC[C@@H](C)[C@H]1CC[C@H]2[C@@H]3[C@H](O)C[C@@H]4C[C@H](O)CC[C@]4(C)[C@H]3CC(O)C12C)C(=O)SCCNC(=O)CCNC(=O)[C@H](O)C(C)(C)COP(=O)([O-])OP(=O)([O-])OC[C@H]1O[C@@H](n2cnc3c(N)ncnc32)[C@H](O)[C@@H]1OP(=O)([O-])[O-]. The van der Waals surface area contributed by atoms with Gasteiger partial charge in [0.1, 0.15) is 36.3 Å². The first-order valence-electron chi connectivity index (χ1n) is 26.8. The molecule has 5 aliphatic rings. The van der Waals surface area contributed by atoms with Crippen molar-refractivity contribution in [3.63, 3.8) is 0 Å². The number of carbonyl (C=O) groups excluding carboxylic acids is 3. The van der Waals surface area contributed by atoms with Crippen molar-refractivity contribution >= 4 is 69.1 Å². The van der Waals surface area contributed by atoms with Gasteiger partial charge in [-0.05, 0) is 97.7 Å². The summed E-state index contributed by atoms with van der Waals surface area (Å²) in [7, 11) is -17.7. The molecule has 31 heteroatoms. The summed E-state index contributed by atoms with van der Waals surface area (Å²) >= 11 is 1.11. The monoisotopic (exact) mass is 1200 g/mol. The number of amides is 2. The highest BCUT2D eigenvalue weighted by atomic mass is 32.2. The number of nitrogens with one attached hydrogen (secondary N) is 2. The Morgan fingerprint density at radius 3 is 2.37 bits per heavy atom. The first-order valence-corrected chi connectivity index (χ1v) is 32.2. The average molecular weight is 1200 g/mol. The van der Waals surface area contributed by atoms with Gasteiger partial charge < -0.3 is 84.3 Å². The van der Waals surface area contributed by atoms with Gasteiger partial charge >= 0.3 is 0 Å². The number of aliphatic hydroxyl groups excluding tert-OH is 5. The third-order valence-corrected chi connectivity index (χ3v) is 22.0. The average Bonchev–Trinajstić information content (AvgIpc) is 3.87. The molecule has 1 aliphatic heterocycles. The Hall–Kier alpha value is -2.56. The third-order valence-electron chi connectivity index (χ3n) is 17.9. The van der Waals surface area contributed by atoms with E-state index in [1.165, 1.54) is 13.8 Å². The van der Waals surface area contributed by atoms with E-state index in [4.69, 9.17) is 10.5 Å². The summed E-state index contributed by atoms with van der Waals surface area (Å²) in [6.45, 7) is 8.75. The number of anilines is 1. The first kappa shape index (κ1) is 64.0. The molecule has 0 spiro atoms. The number of nitrogens with two attached hydrogens (primary N) is 1. The molecule has 1 saturated heterocycles. The number of aromatic nitrogens is 4. The van der Waals surface area contributed by atoms with Gasteiger partial charge in [-0.25, -0.2) is 19.3 Å². The van der Waals surface area contributed by atoms with Gasteiger partial charge in [-0.2, -0.15) is 0 Å². The Balaban J connectivity index is 0.770. The van der Waals surface area contributed by atoms with E-state index in [2.05, 4.69) is 64.2 Å². The standard InChI is InChI=1S/C48H80N7O20P3S/c1-25(29-10-11-30-36-31(20-34(58)48(29,30)6)47(5)14-12-28(56)18-27(47)19-32(36)57)8-7-9-26(2)45(63)79-17-16-50-35(59)13-15-51-43(62)40(61)46(3,4)22-72-78(69,70)75-77(67,68)71-21-33-39(74-76(64,65)66)38(60)44(73-33)55-24-54-37-41(49)52-23-53-42(37)55/h23-34,36,38-40,44,56-58,60-61H,7-22H2,1-6H3,(H,50,59)(H,51,62)(H,67,68)(H,69,70)(H2,49,52,53)(H2,64,65,66)/p-4/t25-,26-,27+,28-,29-,30+,31+,32-,33-,34?,36+,38-,39-,40+,44-,47+,48?/m1/s1. The molecule has 4 saturated carbocycles. The lowest BCUT2D eigenvalue weighted by Gasteiger charge is -2.63. The van der Waals surface area contributed by atoms with Gasteiger partial charge in [-0.3, -0.25) is 28.1 Å². The lowest BCUT2D eigenvalue weighted by molar-refractivity contribution is -0.347. The van der Waals surface area contributed by atoms with E-state index in [9.17, 15) is 73.2 Å². The minimum absolute atomic E-state index is 0.00233. The van der Waals surface area contributed by atoms with Crippen LogP contribution in [0.3, 0.4) is 0 Å². The molecule has 2 amide bonds. The van der Waals surface area contributed by atoms with Crippen molar-refractivity contribution in [2.45, 2.75) is 161 Å². The van der Waals surface area contributed by atoms with Gasteiger partial charge in [-0.15, -0.1) is 0 Å². The number of nitrogen functional groups attached to an aromatic ring is 1. The van der Waals surface area contributed by atoms with Gasteiger partial charge in [-0.1, -0.05) is 66.1 Å². The number of hydrogen-bond acceptors (Lipinski definition) is 25. The van der Waals surface area contributed by atoms with Crippen LogP contribution in [0.15, 0.2) is 12.7 Å². The number of rotatable bonds is 25. The second-order valence-corrected chi connectivity index (χ2v) is 28.6. The smallest absolute Gasteiger partial charge is 0.274 e. The van der Waals surface area contributed by atoms with Crippen LogP contribution < -0.4 is 35.9 Å². The van der Waals surface area contributed by atoms with Crippen molar-refractivity contribution in [2.75, 3.05) is 37.8 Å². The zero-order valence-corrected chi connectivity index (χ0v) is 48.6. The molecule has 9 N–H and O–H groups in total. The lowest BCUT2D eigenvalue weighted by Crippen LogP contribution is -2.62. The number of thioether (sulfide) groups is 1. The second-order valence-electron chi connectivity index (χ2n) is 23.5. The minimum Gasteiger partial charge on any atom is -0.790 e.